The molecule has 1 fully saturated rings. The molecule has 0 saturated carbocycles. The van der Waals surface area contributed by atoms with Gasteiger partial charge in [0.1, 0.15) is 24.1 Å². The summed E-state index contributed by atoms with van der Waals surface area (Å²) in [5.41, 5.74) is 5.08. The SMILES string of the molecule is COc1nc(=O)cc(N)n1[C@H]1O[C@@H](CO)[C@H](O)[C@@H]1O. The zero-order valence-corrected chi connectivity index (χ0v) is 10.1. The minimum Gasteiger partial charge on any atom is -0.468 e. The second kappa shape index (κ2) is 5.13. The number of rotatable bonds is 3. The molecule has 1 aromatic heterocycles. The molecule has 19 heavy (non-hydrogen) atoms. The van der Waals surface area contributed by atoms with Gasteiger partial charge < -0.3 is 30.5 Å². The van der Waals surface area contributed by atoms with E-state index in [2.05, 4.69) is 4.98 Å². The van der Waals surface area contributed by atoms with Crippen LogP contribution in [0.2, 0.25) is 0 Å². The molecule has 1 saturated heterocycles. The van der Waals surface area contributed by atoms with E-state index in [1.165, 1.54) is 7.11 Å². The zero-order valence-electron chi connectivity index (χ0n) is 10.1. The molecule has 0 aliphatic carbocycles. The van der Waals surface area contributed by atoms with Crippen LogP contribution in [-0.4, -0.2) is 56.9 Å². The number of anilines is 1. The maximum atomic E-state index is 11.2. The predicted molar refractivity (Wildman–Crippen MR) is 62.5 cm³/mol. The van der Waals surface area contributed by atoms with Gasteiger partial charge in [-0.3, -0.25) is 9.36 Å². The van der Waals surface area contributed by atoms with Crippen LogP contribution in [0.15, 0.2) is 10.9 Å². The zero-order chi connectivity index (χ0) is 14.2. The summed E-state index contributed by atoms with van der Waals surface area (Å²) in [6.45, 7) is -0.468. The molecule has 106 valence electrons. The van der Waals surface area contributed by atoms with E-state index in [0.29, 0.717) is 0 Å². The summed E-state index contributed by atoms with van der Waals surface area (Å²) in [5.74, 6) is -0.0355. The number of methoxy groups -OCH3 is 1. The molecule has 5 N–H and O–H groups in total. The molecule has 1 aliphatic rings. The highest BCUT2D eigenvalue weighted by Gasteiger charge is 2.44. The Morgan fingerprint density at radius 3 is 2.74 bits per heavy atom. The van der Waals surface area contributed by atoms with Crippen LogP contribution in [0.25, 0.3) is 0 Å². The van der Waals surface area contributed by atoms with Gasteiger partial charge in [0, 0.05) is 6.07 Å². The Labute approximate surface area is 107 Å². The number of ether oxygens (including phenoxy) is 2. The summed E-state index contributed by atoms with van der Waals surface area (Å²) in [6, 6.07) is 0.886. The Morgan fingerprint density at radius 1 is 1.53 bits per heavy atom. The lowest BCUT2D eigenvalue weighted by atomic mass is 10.1. The molecule has 0 unspecified atom stereocenters. The minimum atomic E-state index is -1.34. The van der Waals surface area contributed by atoms with Crippen molar-refractivity contribution in [3.05, 3.63) is 16.4 Å². The van der Waals surface area contributed by atoms with Gasteiger partial charge in [0.05, 0.1) is 13.7 Å². The number of aliphatic hydroxyl groups excluding tert-OH is 3. The molecule has 9 nitrogen and oxygen atoms in total. The number of nitrogen functional groups attached to an aromatic ring is 1. The monoisotopic (exact) mass is 273 g/mol. The van der Waals surface area contributed by atoms with Crippen molar-refractivity contribution in [2.75, 3.05) is 19.5 Å². The number of nitrogens with two attached hydrogens (primary N) is 1. The van der Waals surface area contributed by atoms with Gasteiger partial charge >= 0.3 is 6.01 Å². The first-order valence-corrected chi connectivity index (χ1v) is 5.55. The first-order chi connectivity index (χ1) is 8.99. The summed E-state index contributed by atoms with van der Waals surface area (Å²) in [6.07, 6.45) is -4.67. The molecule has 0 amide bonds. The molecular formula is C10H15N3O6. The van der Waals surface area contributed by atoms with Crippen LogP contribution in [0.4, 0.5) is 5.82 Å². The Balaban J connectivity index is 2.45. The van der Waals surface area contributed by atoms with Crippen LogP contribution in [-0.2, 0) is 4.74 Å². The third kappa shape index (κ3) is 2.28. The summed E-state index contributed by atoms with van der Waals surface area (Å²) in [4.78, 5) is 14.8. The van der Waals surface area contributed by atoms with Gasteiger partial charge in [-0.05, 0) is 0 Å². The Kier molecular flexibility index (Phi) is 3.71. The molecule has 2 rings (SSSR count). The normalized spacial score (nSPS) is 30.5. The van der Waals surface area contributed by atoms with Crippen LogP contribution in [0.1, 0.15) is 6.23 Å². The molecule has 1 aromatic rings. The van der Waals surface area contributed by atoms with E-state index >= 15 is 0 Å². The van der Waals surface area contributed by atoms with E-state index in [1.807, 2.05) is 0 Å². The van der Waals surface area contributed by atoms with Gasteiger partial charge in [0.15, 0.2) is 6.23 Å². The molecule has 2 heterocycles. The highest BCUT2D eigenvalue weighted by molar-refractivity contribution is 5.31. The molecule has 9 heteroatoms. The van der Waals surface area contributed by atoms with Gasteiger partial charge in [-0.15, -0.1) is 0 Å². The van der Waals surface area contributed by atoms with Crippen molar-refractivity contribution < 1.29 is 24.8 Å². The lowest BCUT2D eigenvalue weighted by molar-refractivity contribution is -0.0552. The standard InChI is InChI=1S/C10H15N3O6/c1-18-10-12-6(15)2-5(11)13(10)9-8(17)7(16)4(3-14)19-9/h2,4,7-9,14,16-17H,3,11H2,1H3/t4-,7-,8-,9-/m0/s1. The van der Waals surface area contributed by atoms with Crippen molar-refractivity contribution in [2.45, 2.75) is 24.5 Å². The van der Waals surface area contributed by atoms with E-state index in [-0.39, 0.29) is 11.8 Å². The molecule has 0 radical (unpaired) electrons. The fraction of sp³-hybridized carbons (Fsp3) is 0.600. The molecular weight excluding hydrogens is 258 g/mol. The van der Waals surface area contributed by atoms with E-state index in [4.69, 9.17) is 20.3 Å². The van der Waals surface area contributed by atoms with Crippen LogP contribution in [0.3, 0.4) is 0 Å². The van der Waals surface area contributed by atoms with Gasteiger partial charge in [-0.25, -0.2) is 0 Å². The second-order valence-corrected chi connectivity index (χ2v) is 4.10. The fourth-order valence-corrected chi connectivity index (χ4v) is 1.98. The van der Waals surface area contributed by atoms with Crippen molar-refractivity contribution in [3.63, 3.8) is 0 Å². The Bertz CT molecular complexity index is 518. The Morgan fingerprint density at radius 2 is 2.21 bits per heavy atom. The van der Waals surface area contributed by atoms with Crippen molar-refractivity contribution in [3.8, 4) is 6.01 Å². The quantitative estimate of drug-likeness (QED) is 0.471. The first kappa shape index (κ1) is 13.7. The minimum absolute atomic E-state index is 0.0355. The van der Waals surface area contributed by atoms with Gasteiger partial charge in [0.2, 0.25) is 0 Å². The third-order valence-corrected chi connectivity index (χ3v) is 2.92. The van der Waals surface area contributed by atoms with E-state index in [1.54, 1.807) is 0 Å². The smallest absolute Gasteiger partial charge is 0.303 e. The van der Waals surface area contributed by atoms with Gasteiger partial charge in [-0.2, -0.15) is 4.98 Å². The average Bonchev–Trinajstić information content (AvgIpc) is 2.65. The number of aliphatic hydroxyl groups is 3. The molecule has 4 atom stereocenters. The first-order valence-electron chi connectivity index (χ1n) is 5.55. The summed E-state index contributed by atoms with van der Waals surface area (Å²) >= 11 is 0. The van der Waals surface area contributed by atoms with E-state index in [0.717, 1.165) is 10.6 Å². The van der Waals surface area contributed by atoms with Crippen molar-refractivity contribution >= 4 is 5.82 Å². The highest BCUT2D eigenvalue weighted by atomic mass is 16.6. The van der Waals surface area contributed by atoms with Crippen LogP contribution in [0.5, 0.6) is 6.01 Å². The molecule has 0 bridgehead atoms. The third-order valence-electron chi connectivity index (χ3n) is 2.92. The average molecular weight is 273 g/mol. The number of hydrogen-bond donors (Lipinski definition) is 4. The Hall–Kier alpha value is -1.68. The maximum Gasteiger partial charge on any atom is 0.303 e. The second-order valence-electron chi connectivity index (χ2n) is 4.10. The van der Waals surface area contributed by atoms with Crippen LogP contribution < -0.4 is 16.0 Å². The molecule has 0 aromatic carbocycles. The summed E-state index contributed by atoms with van der Waals surface area (Å²) < 4.78 is 11.3. The molecule has 0 spiro atoms. The predicted octanol–water partition coefficient (Wildman–Crippen LogP) is -2.55. The summed E-state index contributed by atoms with van der Waals surface area (Å²) in [5, 5.41) is 28.6. The number of nitrogens with zero attached hydrogens (tertiary/aromatic N) is 2. The van der Waals surface area contributed by atoms with Crippen molar-refractivity contribution in [2.24, 2.45) is 0 Å². The fourth-order valence-electron chi connectivity index (χ4n) is 1.98. The summed E-state index contributed by atoms with van der Waals surface area (Å²) in [7, 11) is 1.28. The lowest BCUT2D eigenvalue weighted by Crippen LogP contribution is -2.34. The van der Waals surface area contributed by atoms with E-state index in [9.17, 15) is 15.0 Å². The molecule has 1 aliphatic heterocycles. The topological polar surface area (TPSA) is 140 Å². The maximum absolute atomic E-state index is 11.2. The van der Waals surface area contributed by atoms with Crippen molar-refractivity contribution in [1.82, 2.24) is 9.55 Å². The van der Waals surface area contributed by atoms with E-state index < -0.39 is 36.7 Å². The lowest BCUT2D eigenvalue weighted by Gasteiger charge is -2.22. The number of hydrogen-bond acceptors (Lipinski definition) is 8. The van der Waals surface area contributed by atoms with Crippen molar-refractivity contribution in [1.29, 1.82) is 0 Å². The van der Waals surface area contributed by atoms with Gasteiger partial charge in [0.25, 0.3) is 5.56 Å². The highest BCUT2D eigenvalue weighted by Crippen LogP contribution is 2.32. The van der Waals surface area contributed by atoms with Crippen LogP contribution in [0, 0.1) is 0 Å². The number of aromatic nitrogens is 2. The van der Waals surface area contributed by atoms with Crippen LogP contribution >= 0.6 is 0 Å². The van der Waals surface area contributed by atoms with Gasteiger partial charge in [-0.1, -0.05) is 0 Å². The largest absolute Gasteiger partial charge is 0.468 e.